The van der Waals surface area contributed by atoms with Crippen molar-refractivity contribution in [1.29, 1.82) is 0 Å². The summed E-state index contributed by atoms with van der Waals surface area (Å²) in [5.74, 6) is 0.814. The van der Waals surface area contributed by atoms with Crippen LogP contribution in [0.4, 0.5) is 0 Å². The Kier molecular flexibility index (Phi) is 6.37. The van der Waals surface area contributed by atoms with E-state index >= 15 is 0 Å². The van der Waals surface area contributed by atoms with Gasteiger partial charge in [0.25, 0.3) is 0 Å². The molecular formula is C16H28N2. The summed E-state index contributed by atoms with van der Waals surface area (Å²) < 4.78 is 0. The van der Waals surface area contributed by atoms with Crippen LogP contribution in [-0.2, 0) is 5.54 Å². The van der Waals surface area contributed by atoms with Crippen molar-refractivity contribution in [2.45, 2.75) is 45.6 Å². The zero-order valence-corrected chi connectivity index (χ0v) is 12.1. The summed E-state index contributed by atoms with van der Waals surface area (Å²) in [7, 11) is 0. The first-order valence-electron chi connectivity index (χ1n) is 7.07. The van der Waals surface area contributed by atoms with Gasteiger partial charge in [-0.1, -0.05) is 57.0 Å². The molecule has 2 nitrogen and oxygen atoms in total. The van der Waals surface area contributed by atoms with Crippen LogP contribution in [0.2, 0.25) is 0 Å². The summed E-state index contributed by atoms with van der Waals surface area (Å²) in [6.07, 6.45) is 3.86. The second-order valence-corrected chi connectivity index (χ2v) is 5.85. The van der Waals surface area contributed by atoms with Crippen molar-refractivity contribution < 1.29 is 0 Å². The molecule has 1 rings (SSSR count). The lowest BCUT2D eigenvalue weighted by Crippen LogP contribution is -2.43. The average Bonchev–Trinajstić information content (AvgIpc) is 2.34. The van der Waals surface area contributed by atoms with Crippen LogP contribution in [0.5, 0.6) is 0 Å². The lowest BCUT2D eigenvalue weighted by Gasteiger charge is -2.25. The highest BCUT2D eigenvalue weighted by Gasteiger charge is 2.19. The van der Waals surface area contributed by atoms with E-state index in [1.165, 1.54) is 24.8 Å². The molecular weight excluding hydrogens is 220 g/mol. The molecule has 0 saturated carbocycles. The normalized spacial score (nSPS) is 14.7. The highest BCUT2D eigenvalue weighted by Crippen LogP contribution is 2.16. The molecule has 0 spiro atoms. The molecule has 3 N–H and O–H groups in total. The Labute approximate surface area is 112 Å². The Morgan fingerprint density at radius 1 is 1.17 bits per heavy atom. The highest BCUT2D eigenvalue weighted by atomic mass is 14.9. The fourth-order valence-electron chi connectivity index (χ4n) is 2.07. The summed E-state index contributed by atoms with van der Waals surface area (Å²) in [6.45, 7) is 8.54. The maximum atomic E-state index is 6.34. The Morgan fingerprint density at radius 3 is 2.44 bits per heavy atom. The molecule has 0 aliphatic heterocycles. The zero-order chi connectivity index (χ0) is 13.4. The molecule has 0 aliphatic rings. The van der Waals surface area contributed by atoms with Crippen LogP contribution in [0.1, 0.15) is 45.6 Å². The molecule has 0 amide bonds. The predicted molar refractivity (Wildman–Crippen MR) is 79.5 cm³/mol. The van der Waals surface area contributed by atoms with Gasteiger partial charge in [0.05, 0.1) is 5.54 Å². The summed E-state index contributed by atoms with van der Waals surface area (Å²) in [4.78, 5) is 0. The molecule has 0 heterocycles. The standard InChI is InChI=1S/C16H28N2/c1-14(2)9-7-8-12-18-13-16(3,17)15-10-5-4-6-11-15/h4-6,10-11,14,18H,7-9,12-13,17H2,1-3H3. The number of hydrogen-bond donors (Lipinski definition) is 2. The van der Waals surface area contributed by atoms with E-state index in [-0.39, 0.29) is 5.54 Å². The zero-order valence-electron chi connectivity index (χ0n) is 12.1. The van der Waals surface area contributed by atoms with E-state index in [2.05, 4.69) is 38.2 Å². The van der Waals surface area contributed by atoms with Gasteiger partial charge in [-0.3, -0.25) is 0 Å². The summed E-state index contributed by atoms with van der Waals surface area (Å²) in [6, 6.07) is 10.3. The maximum absolute atomic E-state index is 6.34. The highest BCUT2D eigenvalue weighted by molar-refractivity contribution is 5.23. The van der Waals surface area contributed by atoms with Gasteiger partial charge in [-0.25, -0.2) is 0 Å². The molecule has 0 aromatic heterocycles. The van der Waals surface area contributed by atoms with Crippen LogP contribution >= 0.6 is 0 Å². The number of rotatable bonds is 8. The van der Waals surface area contributed by atoms with Gasteiger partial charge < -0.3 is 11.1 Å². The quantitative estimate of drug-likeness (QED) is 0.693. The average molecular weight is 248 g/mol. The SMILES string of the molecule is CC(C)CCCCNCC(C)(N)c1ccccc1. The third-order valence-corrected chi connectivity index (χ3v) is 3.31. The van der Waals surface area contributed by atoms with E-state index in [1.807, 2.05) is 18.2 Å². The molecule has 0 radical (unpaired) electrons. The molecule has 0 fully saturated rings. The Balaban J connectivity index is 2.22. The molecule has 1 aromatic carbocycles. The molecule has 0 bridgehead atoms. The minimum absolute atomic E-state index is 0.278. The van der Waals surface area contributed by atoms with E-state index in [1.54, 1.807) is 0 Å². The van der Waals surface area contributed by atoms with Gasteiger partial charge in [-0.15, -0.1) is 0 Å². The van der Waals surface area contributed by atoms with Gasteiger partial charge in [-0.2, -0.15) is 0 Å². The minimum Gasteiger partial charge on any atom is -0.321 e. The number of unbranched alkanes of at least 4 members (excludes halogenated alkanes) is 1. The fourth-order valence-corrected chi connectivity index (χ4v) is 2.07. The van der Waals surface area contributed by atoms with Gasteiger partial charge >= 0.3 is 0 Å². The predicted octanol–water partition coefficient (Wildman–Crippen LogP) is 3.28. The summed E-state index contributed by atoms with van der Waals surface area (Å²) in [5, 5.41) is 3.47. The third-order valence-electron chi connectivity index (χ3n) is 3.31. The van der Waals surface area contributed by atoms with Gasteiger partial charge in [0, 0.05) is 6.54 Å². The topological polar surface area (TPSA) is 38.0 Å². The molecule has 18 heavy (non-hydrogen) atoms. The van der Waals surface area contributed by atoms with Gasteiger partial charge in [0.2, 0.25) is 0 Å². The van der Waals surface area contributed by atoms with Crippen molar-refractivity contribution >= 4 is 0 Å². The van der Waals surface area contributed by atoms with Crippen LogP contribution in [0.3, 0.4) is 0 Å². The maximum Gasteiger partial charge on any atom is 0.0507 e. The Hall–Kier alpha value is -0.860. The van der Waals surface area contributed by atoms with Crippen molar-refractivity contribution in [3.05, 3.63) is 35.9 Å². The summed E-state index contributed by atoms with van der Waals surface area (Å²) in [5.41, 5.74) is 7.25. The van der Waals surface area contributed by atoms with Gasteiger partial charge in [-0.05, 0) is 31.4 Å². The first kappa shape index (κ1) is 15.2. The molecule has 1 unspecified atom stereocenters. The van der Waals surface area contributed by atoms with Crippen LogP contribution in [0, 0.1) is 5.92 Å². The number of hydrogen-bond acceptors (Lipinski definition) is 2. The Bertz CT molecular complexity index is 317. The van der Waals surface area contributed by atoms with E-state index in [9.17, 15) is 0 Å². The lowest BCUT2D eigenvalue weighted by atomic mass is 9.93. The second kappa shape index (κ2) is 7.55. The molecule has 0 aliphatic carbocycles. The van der Waals surface area contributed by atoms with E-state index < -0.39 is 0 Å². The van der Waals surface area contributed by atoms with Crippen molar-refractivity contribution in [3.8, 4) is 0 Å². The summed E-state index contributed by atoms with van der Waals surface area (Å²) >= 11 is 0. The minimum atomic E-state index is -0.278. The largest absolute Gasteiger partial charge is 0.321 e. The van der Waals surface area contributed by atoms with Crippen molar-refractivity contribution in [3.63, 3.8) is 0 Å². The van der Waals surface area contributed by atoms with Crippen LogP contribution in [0.15, 0.2) is 30.3 Å². The molecule has 1 atom stereocenters. The number of nitrogens with two attached hydrogens (primary N) is 1. The van der Waals surface area contributed by atoms with Crippen molar-refractivity contribution in [1.82, 2.24) is 5.32 Å². The van der Waals surface area contributed by atoms with E-state index in [0.717, 1.165) is 19.0 Å². The van der Waals surface area contributed by atoms with Crippen molar-refractivity contribution in [2.75, 3.05) is 13.1 Å². The number of benzene rings is 1. The van der Waals surface area contributed by atoms with Gasteiger partial charge in [0.1, 0.15) is 0 Å². The first-order chi connectivity index (χ1) is 8.52. The van der Waals surface area contributed by atoms with Crippen LogP contribution < -0.4 is 11.1 Å². The number of nitrogens with one attached hydrogen (secondary N) is 1. The molecule has 1 aromatic rings. The molecule has 0 saturated heterocycles. The van der Waals surface area contributed by atoms with Crippen LogP contribution in [-0.4, -0.2) is 13.1 Å². The Morgan fingerprint density at radius 2 is 1.83 bits per heavy atom. The molecule has 102 valence electrons. The van der Waals surface area contributed by atoms with E-state index in [0.29, 0.717) is 0 Å². The molecule has 2 heteroatoms. The van der Waals surface area contributed by atoms with Crippen LogP contribution in [0.25, 0.3) is 0 Å². The third kappa shape index (κ3) is 5.65. The lowest BCUT2D eigenvalue weighted by molar-refractivity contribution is 0.435. The fraction of sp³-hybridized carbons (Fsp3) is 0.625. The second-order valence-electron chi connectivity index (χ2n) is 5.85. The van der Waals surface area contributed by atoms with Crippen molar-refractivity contribution in [2.24, 2.45) is 11.7 Å². The monoisotopic (exact) mass is 248 g/mol. The van der Waals surface area contributed by atoms with Gasteiger partial charge in [0.15, 0.2) is 0 Å². The van der Waals surface area contributed by atoms with E-state index in [4.69, 9.17) is 5.73 Å². The smallest absolute Gasteiger partial charge is 0.0507 e. The first-order valence-corrected chi connectivity index (χ1v) is 7.07.